The van der Waals surface area contributed by atoms with Crippen molar-refractivity contribution < 1.29 is 4.79 Å². The number of hydrogen-bond donors (Lipinski definition) is 0. The molecule has 1 aliphatic heterocycles. The van der Waals surface area contributed by atoms with Gasteiger partial charge in [-0.2, -0.15) is 0 Å². The molecule has 0 aliphatic carbocycles. The van der Waals surface area contributed by atoms with Gasteiger partial charge in [0.25, 0.3) is 5.91 Å². The van der Waals surface area contributed by atoms with Gasteiger partial charge < -0.3 is 4.90 Å². The molecule has 0 spiro atoms. The van der Waals surface area contributed by atoms with Gasteiger partial charge in [0.1, 0.15) is 0 Å². The summed E-state index contributed by atoms with van der Waals surface area (Å²) < 4.78 is 0. The summed E-state index contributed by atoms with van der Waals surface area (Å²) in [5, 5.41) is 0. The Morgan fingerprint density at radius 3 is 2.39 bits per heavy atom. The number of hydrogen-bond acceptors (Lipinski definition) is 1. The van der Waals surface area contributed by atoms with Gasteiger partial charge in [0.2, 0.25) is 0 Å². The molecule has 3 rings (SSSR count). The highest BCUT2D eigenvalue weighted by Crippen LogP contribution is 2.35. The van der Waals surface area contributed by atoms with Crippen LogP contribution in [0.15, 0.2) is 54.6 Å². The van der Waals surface area contributed by atoms with Crippen molar-refractivity contribution in [2.45, 2.75) is 13.0 Å². The van der Waals surface area contributed by atoms with Crippen molar-refractivity contribution in [2.75, 3.05) is 6.54 Å². The molecule has 0 N–H and O–H groups in total. The van der Waals surface area contributed by atoms with Crippen molar-refractivity contribution in [3.8, 4) is 0 Å². The fourth-order valence-corrected chi connectivity index (χ4v) is 2.19. The van der Waals surface area contributed by atoms with E-state index in [1.165, 1.54) is 11.1 Å². The average molecular weight is 237 g/mol. The summed E-state index contributed by atoms with van der Waals surface area (Å²) in [6, 6.07) is 18.2. The summed E-state index contributed by atoms with van der Waals surface area (Å²) in [5.41, 5.74) is 3.17. The molecule has 90 valence electrons. The smallest absolute Gasteiger partial charge is 0.254 e. The van der Waals surface area contributed by atoms with Gasteiger partial charge in [0.15, 0.2) is 0 Å². The highest BCUT2D eigenvalue weighted by atomic mass is 16.2. The van der Waals surface area contributed by atoms with Crippen LogP contribution in [-0.4, -0.2) is 17.4 Å². The first-order valence-electron chi connectivity index (χ1n) is 6.18. The van der Waals surface area contributed by atoms with Crippen LogP contribution < -0.4 is 0 Å². The molecule has 0 bridgehead atoms. The molecule has 1 atom stereocenters. The molecule has 0 aromatic heterocycles. The summed E-state index contributed by atoms with van der Waals surface area (Å²) in [7, 11) is 0. The predicted octanol–water partition coefficient (Wildman–Crippen LogP) is 3.19. The van der Waals surface area contributed by atoms with Crippen molar-refractivity contribution >= 4 is 5.91 Å². The first-order valence-corrected chi connectivity index (χ1v) is 6.18. The maximum atomic E-state index is 12.2. The van der Waals surface area contributed by atoms with Crippen LogP contribution in [-0.2, 0) is 0 Å². The predicted molar refractivity (Wildman–Crippen MR) is 71.4 cm³/mol. The number of amides is 1. The Bertz CT molecular complexity index is 559. The molecule has 1 heterocycles. The van der Waals surface area contributed by atoms with Crippen LogP contribution in [0, 0.1) is 6.92 Å². The Labute approximate surface area is 107 Å². The van der Waals surface area contributed by atoms with E-state index in [2.05, 4.69) is 12.1 Å². The third kappa shape index (κ3) is 2.02. The van der Waals surface area contributed by atoms with E-state index in [4.69, 9.17) is 0 Å². The van der Waals surface area contributed by atoms with Gasteiger partial charge >= 0.3 is 0 Å². The van der Waals surface area contributed by atoms with E-state index in [1.807, 2.05) is 54.3 Å². The summed E-state index contributed by atoms with van der Waals surface area (Å²) in [5.74, 6) is 0.129. The molecule has 1 unspecified atom stereocenters. The second-order valence-corrected chi connectivity index (χ2v) is 4.75. The number of carbonyl (C=O) groups is 1. The SMILES string of the molecule is Cc1ccc(C(=O)N2CC2c2ccccc2)cc1. The Kier molecular flexibility index (Phi) is 2.63. The monoisotopic (exact) mass is 237 g/mol. The Balaban J connectivity index is 1.75. The van der Waals surface area contributed by atoms with Crippen LogP contribution in [0.4, 0.5) is 0 Å². The minimum Gasteiger partial charge on any atom is -0.327 e. The van der Waals surface area contributed by atoms with Crippen molar-refractivity contribution in [3.63, 3.8) is 0 Å². The third-order valence-corrected chi connectivity index (χ3v) is 3.36. The minimum absolute atomic E-state index is 0.129. The molecule has 2 aromatic rings. The van der Waals surface area contributed by atoms with Gasteiger partial charge in [-0.05, 0) is 24.6 Å². The van der Waals surface area contributed by atoms with E-state index in [-0.39, 0.29) is 11.9 Å². The van der Waals surface area contributed by atoms with Crippen LogP contribution >= 0.6 is 0 Å². The van der Waals surface area contributed by atoms with Gasteiger partial charge in [0, 0.05) is 12.1 Å². The van der Waals surface area contributed by atoms with Crippen LogP contribution in [0.1, 0.15) is 27.5 Å². The average Bonchev–Trinajstić information content (AvgIpc) is 3.20. The number of benzene rings is 2. The van der Waals surface area contributed by atoms with Crippen molar-refractivity contribution in [3.05, 3.63) is 71.3 Å². The number of rotatable bonds is 2. The molecule has 18 heavy (non-hydrogen) atoms. The molecule has 1 amide bonds. The van der Waals surface area contributed by atoms with Crippen molar-refractivity contribution in [2.24, 2.45) is 0 Å². The zero-order valence-corrected chi connectivity index (χ0v) is 10.3. The summed E-state index contributed by atoms with van der Waals surface area (Å²) in [6.07, 6.45) is 0. The van der Waals surface area contributed by atoms with Gasteiger partial charge in [-0.3, -0.25) is 4.79 Å². The normalized spacial score (nSPS) is 17.6. The fourth-order valence-electron chi connectivity index (χ4n) is 2.19. The summed E-state index contributed by atoms with van der Waals surface area (Å²) in [4.78, 5) is 14.1. The number of nitrogens with zero attached hydrogens (tertiary/aromatic N) is 1. The van der Waals surface area contributed by atoms with Gasteiger partial charge in [-0.1, -0.05) is 48.0 Å². The molecule has 2 heteroatoms. The summed E-state index contributed by atoms with van der Waals surface area (Å²) >= 11 is 0. The van der Waals surface area contributed by atoms with Crippen LogP contribution in [0.2, 0.25) is 0 Å². The molecule has 0 saturated carbocycles. The molecule has 1 saturated heterocycles. The lowest BCUT2D eigenvalue weighted by molar-refractivity contribution is 0.0874. The van der Waals surface area contributed by atoms with Gasteiger partial charge in [-0.25, -0.2) is 0 Å². The van der Waals surface area contributed by atoms with E-state index >= 15 is 0 Å². The zero-order valence-electron chi connectivity index (χ0n) is 10.3. The van der Waals surface area contributed by atoms with E-state index in [1.54, 1.807) is 0 Å². The number of carbonyl (C=O) groups excluding carboxylic acids is 1. The highest BCUT2D eigenvalue weighted by molar-refractivity contribution is 5.96. The molecule has 1 fully saturated rings. The van der Waals surface area contributed by atoms with Gasteiger partial charge in [-0.15, -0.1) is 0 Å². The Hall–Kier alpha value is -2.09. The van der Waals surface area contributed by atoms with Crippen molar-refractivity contribution in [1.29, 1.82) is 0 Å². The summed E-state index contributed by atoms with van der Waals surface area (Å²) in [6.45, 7) is 2.86. The second-order valence-electron chi connectivity index (χ2n) is 4.75. The maximum Gasteiger partial charge on any atom is 0.254 e. The molecule has 2 aromatic carbocycles. The van der Waals surface area contributed by atoms with E-state index < -0.39 is 0 Å². The maximum absolute atomic E-state index is 12.2. The zero-order chi connectivity index (χ0) is 12.5. The molecule has 0 radical (unpaired) electrons. The topological polar surface area (TPSA) is 20.1 Å². The molecular weight excluding hydrogens is 222 g/mol. The lowest BCUT2D eigenvalue weighted by atomic mass is 10.1. The second kappa shape index (κ2) is 4.30. The molecule has 1 aliphatic rings. The first kappa shape index (κ1) is 11.0. The van der Waals surface area contributed by atoms with Crippen molar-refractivity contribution in [1.82, 2.24) is 4.90 Å². The lowest BCUT2D eigenvalue weighted by Crippen LogP contribution is -2.11. The Morgan fingerprint density at radius 2 is 1.72 bits per heavy atom. The molecule has 2 nitrogen and oxygen atoms in total. The van der Waals surface area contributed by atoms with E-state index in [9.17, 15) is 4.79 Å². The highest BCUT2D eigenvalue weighted by Gasteiger charge is 2.39. The Morgan fingerprint density at radius 1 is 1.06 bits per heavy atom. The van der Waals surface area contributed by atoms with E-state index in [0.717, 1.165) is 12.1 Å². The fraction of sp³-hybridized carbons (Fsp3) is 0.188. The van der Waals surface area contributed by atoms with Gasteiger partial charge in [0.05, 0.1) is 6.04 Å². The lowest BCUT2D eigenvalue weighted by Gasteiger charge is -2.05. The number of aryl methyl sites for hydroxylation is 1. The quantitative estimate of drug-likeness (QED) is 0.734. The standard InChI is InChI=1S/C16H15NO/c1-12-7-9-14(10-8-12)16(18)17-11-15(17)13-5-3-2-4-6-13/h2-10,15H,11H2,1H3. The van der Waals surface area contributed by atoms with E-state index in [0.29, 0.717) is 0 Å². The van der Waals surface area contributed by atoms with Crippen LogP contribution in [0.3, 0.4) is 0 Å². The first-order chi connectivity index (χ1) is 8.75. The molecular formula is C16H15NO. The third-order valence-electron chi connectivity index (χ3n) is 3.36. The largest absolute Gasteiger partial charge is 0.327 e. The van der Waals surface area contributed by atoms with Crippen LogP contribution in [0.25, 0.3) is 0 Å². The van der Waals surface area contributed by atoms with Crippen LogP contribution in [0.5, 0.6) is 0 Å². The minimum atomic E-state index is 0.129.